The highest BCUT2D eigenvalue weighted by Gasteiger charge is 2.18. The number of rotatable bonds is 3. The maximum atomic E-state index is 4.97. The summed E-state index contributed by atoms with van der Waals surface area (Å²) in [5.41, 5.74) is 9.14. The van der Waals surface area contributed by atoms with Gasteiger partial charge in [0.25, 0.3) is 0 Å². The molecular weight excluding hydrogens is 462 g/mol. The number of aromatic nitrogens is 3. The lowest BCUT2D eigenvalue weighted by Gasteiger charge is -2.10. The topological polar surface area (TPSA) is 22.8 Å². The number of pyridine rings is 1. The van der Waals surface area contributed by atoms with E-state index in [0.717, 1.165) is 28.1 Å². The largest absolute Gasteiger partial charge is 0.309 e. The van der Waals surface area contributed by atoms with Crippen LogP contribution in [0, 0.1) is 0 Å². The molecule has 0 N–H and O–H groups in total. The Hall–Kier alpha value is -5.15. The van der Waals surface area contributed by atoms with Gasteiger partial charge in [-0.1, -0.05) is 84.9 Å². The van der Waals surface area contributed by atoms with E-state index in [1.165, 1.54) is 38.1 Å². The Bertz CT molecular complexity index is 2120. The van der Waals surface area contributed by atoms with Gasteiger partial charge in [-0.25, -0.2) is 0 Å². The molecule has 3 aromatic heterocycles. The zero-order valence-electron chi connectivity index (χ0n) is 20.6. The van der Waals surface area contributed by atoms with E-state index in [2.05, 4.69) is 143 Å². The van der Waals surface area contributed by atoms with Gasteiger partial charge < -0.3 is 9.13 Å². The van der Waals surface area contributed by atoms with Crippen LogP contribution >= 0.6 is 0 Å². The molecule has 0 amide bonds. The molecule has 5 aromatic carbocycles. The van der Waals surface area contributed by atoms with E-state index in [1.54, 1.807) is 0 Å². The molecule has 8 aromatic rings. The van der Waals surface area contributed by atoms with Crippen molar-refractivity contribution in [3.05, 3.63) is 140 Å². The Morgan fingerprint density at radius 3 is 1.68 bits per heavy atom. The third kappa shape index (κ3) is 2.99. The highest BCUT2D eigenvalue weighted by Crippen LogP contribution is 2.39. The highest BCUT2D eigenvalue weighted by atomic mass is 15.0. The first-order chi connectivity index (χ1) is 18.9. The van der Waals surface area contributed by atoms with Crippen LogP contribution in [0.25, 0.3) is 66.2 Å². The van der Waals surface area contributed by atoms with Gasteiger partial charge in [0.15, 0.2) is 0 Å². The predicted molar refractivity (Wildman–Crippen MR) is 158 cm³/mol. The monoisotopic (exact) mass is 485 g/mol. The first-order valence-corrected chi connectivity index (χ1v) is 12.9. The molecule has 0 atom stereocenters. The second kappa shape index (κ2) is 8.19. The Labute approximate surface area is 219 Å². The van der Waals surface area contributed by atoms with Crippen LogP contribution < -0.4 is 0 Å². The summed E-state index contributed by atoms with van der Waals surface area (Å²) in [4.78, 5) is 4.97. The van der Waals surface area contributed by atoms with Crippen LogP contribution in [0.3, 0.4) is 0 Å². The summed E-state index contributed by atoms with van der Waals surface area (Å²) in [6, 6.07) is 47.4. The van der Waals surface area contributed by atoms with E-state index >= 15 is 0 Å². The molecule has 3 nitrogen and oxygen atoms in total. The lowest BCUT2D eigenvalue weighted by molar-refractivity contribution is 1.17. The molecule has 0 fully saturated rings. The SMILES string of the molecule is c1ccc(-n2c3ccccc3c3ccc(-c4nccc5c4c4ccccc4n5-c4ccccc4)cc32)cc1. The maximum Gasteiger partial charge on any atom is 0.0802 e. The standard InChI is InChI=1S/C35H23N3/c1-3-11-25(12-4-1)37-31-18-10-8-16-29(31)34-32(37)21-22-36-35(34)24-19-20-28-27-15-7-9-17-30(27)38(33(28)23-24)26-13-5-2-6-14-26/h1-23H. The van der Waals surface area contributed by atoms with Crippen molar-refractivity contribution in [2.45, 2.75) is 0 Å². The zero-order chi connectivity index (χ0) is 25.1. The maximum absolute atomic E-state index is 4.97. The van der Waals surface area contributed by atoms with Crippen molar-refractivity contribution in [2.24, 2.45) is 0 Å². The molecule has 0 aliphatic carbocycles. The van der Waals surface area contributed by atoms with Gasteiger partial charge >= 0.3 is 0 Å². The number of nitrogens with zero attached hydrogens (tertiary/aromatic N) is 3. The number of fused-ring (bicyclic) bond motifs is 6. The van der Waals surface area contributed by atoms with E-state index in [9.17, 15) is 0 Å². The Kier molecular flexibility index (Phi) is 4.52. The number of para-hydroxylation sites is 4. The second-order valence-electron chi connectivity index (χ2n) is 9.66. The molecule has 0 unspecified atom stereocenters. The number of benzene rings is 5. The fourth-order valence-electron chi connectivity index (χ4n) is 5.96. The first-order valence-electron chi connectivity index (χ1n) is 12.9. The molecule has 3 heteroatoms. The van der Waals surface area contributed by atoms with E-state index < -0.39 is 0 Å². The minimum atomic E-state index is 1.00. The van der Waals surface area contributed by atoms with Crippen molar-refractivity contribution >= 4 is 43.6 Å². The van der Waals surface area contributed by atoms with Crippen molar-refractivity contribution in [3.8, 4) is 22.6 Å². The third-order valence-electron chi connectivity index (χ3n) is 7.56. The average Bonchev–Trinajstić information content (AvgIpc) is 3.51. The van der Waals surface area contributed by atoms with Gasteiger partial charge in [0.1, 0.15) is 0 Å². The smallest absolute Gasteiger partial charge is 0.0802 e. The van der Waals surface area contributed by atoms with Crippen LogP contribution in [0.1, 0.15) is 0 Å². The summed E-state index contributed by atoms with van der Waals surface area (Å²) < 4.78 is 4.71. The summed E-state index contributed by atoms with van der Waals surface area (Å²) >= 11 is 0. The molecule has 0 aliphatic heterocycles. The van der Waals surface area contributed by atoms with Gasteiger partial charge in [-0.2, -0.15) is 0 Å². The van der Waals surface area contributed by atoms with Gasteiger partial charge in [-0.05, 0) is 48.5 Å². The predicted octanol–water partition coefficient (Wildman–Crippen LogP) is 8.94. The quantitative estimate of drug-likeness (QED) is 0.245. The molecule has 0 saturated heterocycles. The molecule has 38 heavy (non-hydrogen) atoms. The van der Waals surface area contributed by atoms with E-state index in [4.69, 9.17) is 4.98 Å². The minimum absolute atomic E-state index is 1.00. The fourth-order valence-corrected chi connectivity index (χ4v) is 5.96. The molecule has 178 valence electrons. The molecule has 0 aliphatic rings. The first kappa shape index (κ1) is 21.0. The van der Waals surface area contributed by atoms with Crippen molar-refractivity contribution in [1.82, 2.24) is 14.1 Å². The van der Waals surface area contributed by atoms with Gasteiger partial charge in [0.05, 0.1) is 27.8 Å². The van der Waals surface area contributed by atoms with Crippen LogP contribution in [0.2, 0.25) is 0 Å². The minimum Gasteiger partial charge on any atom is -0.309 e. The Morgan fingerprint density at radius 2 is 0.974 bits per heavy atom. The van der Waals surface area contributed by atoms with Crippen LogP contribution in [-0.4, -0.2) is 14.1 Å². The van der Waals surface area contributed by atoms with Crippen LogP contribution in [0.15, 0.2) is 140 Å². The summed E-state index contributed by atoms with van der Waals surface area (Å²) in [5, 5.41) is 4.88. The second-order valence-corrected chi connectivity index (χ2v) is 9.66. The van der Waals surface area contributed by atoms with E-state index in [-0.39, 0.29) is 0 Å². The van der Waals surface area contributed by atoms with E-state index in [0.29, 0.717) is 0 Å². The number of hydrogen-bond acceptors (Lipinski definition) is 1. The molecule has 0 spiro atoms. The Morgan fingerprint density at radius 1 is 0.421 bits per heavy atom. The average molecular weight is 486 g/mol. The fraction of sp³-hybridized carbons (Fsp3) is 0. The van der Waals surface area contributed by atoms with Gasteiger partial charge in [0, 0.05) is 44.7 Å². The van der Waals surface area contributed by atoms with Gasteiger partial charge in [0.2, 0.25) is 0 Å². The number of hydrogen-bond donors (Lipinski definition) is 0. The highest BCUT2D eigenvalue weighted by molar-refractivity contribution is 6.16. The molecule has 0 radical (unpaired) electrons. The van der Waals surface area contributed by atoms with Crippen molar-refractivity contribution in [1.29, 1.82) is 0 Å². The summed E-state index contributed by atoms with van der Waals surface area (Å²) in [6.07, 6.45) is 1.94. The molecule has 0 saturated carbocycles. The van der Waals surface area contributed by atoms with Gasteiger partial charge in [-0.3, -0.25) is 4.98 Å². The van der Waals surface area contributed by atoms with Crippen LogP contribution in [0.5, 0.6) is 0 Å². The summed E-state index contributed by atoms with van der Waals surface area (Å²) in [7, 11) is 0. The van der Waals surface area contributed by atoms with Gasteiger partial charge in [-0.15, -0.1) is 0 Å². The summed E-state index contributed by atoms with van der Waals surface area (Å²) in [5.74, 6) is 0. The molecule has 8 rings (SSSR count). The Balaban J connectivity index is 1.46. The van der Waals surface area contributed by atoms with Crippen molar-refractivity contribution in [3.63, 3.8) is 0 Å². The van der Waals surface area contributed by atoms with Crippen LogP contribution in [0.4, 0.5) is 0 Å². The normalized spacial score (nSPS) is 11.7. The van der Waals surface area contributed by atoms with E-state index in [1.807, 2.05) is 6.20 Å². The molecule has 0 bridgehead atoms. The third-order valence-corrected chi connectivity index (χ3v) is 7.56. The van der Waals surface area contributed by atoms with Crippen LogP contribution in [-0.2, 0) is 0 Å². The summed E-state index contributed by atoms with van der Waals surface area (Å²) in [6.45, 7) is 0. The van der Waals surface area contributed by atoms with Crippen molar-refractivity contribution < 1.29 is 0 Å². The van der Waals surface area contributed by atoms with Crippen molar-refractivity contribution in [2.75, 3.05) is 0 Å². The lowest BCUT2D eigenvalue weighted by atomic mass is 10.0. The zero-order valence-corrected chi connectivity index (χ0v) is 20.6. The molecular formula is C35H23N3. The lowest BCUT2D eigenvalue weighted by Crippen LogP contribution is -1.94. The molecule has 3 heterocycles.